The Morgan fingerprint density at radius 2 is 2.14 bits per heavy atom. The lowest BCUT2D eigenvalue weighted by Crippen LogP contribution is -2.36. The van der Waals surface area contributed by atoms with Crippen LogP contribution < -0.4 is 5.56 Å². The van der Waals surface area contributed by atoms with Crippen molar-refractivity contribution in [3.63, 3.8) is 0 Å². The number of H-pyrrole nitrogens is 1. The zero-order chi connectivity index (χ0) is 16.5. The highest BCUT2D eigenvalue weighted by molar-refractivity contribution is 7.98. The van der Waals surface area contributed by atoms with Gasteiger partial charge in [-0.25, -0.2) is 4.98 Å². The second-order valence-electron chi connectivity index (χ2n) is 6.99. The van der Waals surface area contributed by atoms with E-state index in [9.17, 15) is 9.59 Å². The number of nitrogens with one attached hydrogen (secondary N) is 1. The number of carbonyl (C=O) groups is 1. The van der Waals surface area contributed by atoms with Gasteiger partial charge in [-0.15, -0.1) is 0 Å². The lowest BCUT2D eigenvalue weighted by molar-refractivity contribution is 0.0785. The van der Waals surface area contributed by atoms with E-state index in [4.69, 9.17) is 0 Å². The molecule has 5 nitrogen and oxygen atoms in total. The van der Waals surface area contributed by atoms with Crippen molar-refractivity contribution in [3.8, 4) is 0 Å². The summed E-state index contributed by atoms with van der Waals surface area (Å²) in [4.78, 5) is 34.0. The van der Waals surface area contributed by atoms with Gasteiger partial charge in [0, 0.05) is 18.5 Å². The Bertz CT molecular complexity index is 619. The zero-order valence-corrected chi connectivity index (χ0v) is 14.8. The molecule has 0 saturated carbocycles. The molecule has 0 aliphatic carbocycles. The standard InChI is InChI=1S/C16H25N3O2S/c1-10-12(13(20)18-15(17-10)16(2,3)4)14(21)19-7-6-11(8-19)9-22-5/h11H,6-9H2,1-5H3,(H,17,18,20)/t11-/m0/s1. The molecule has 1 amide bonds. The number of hydrogen-bond donors (Lipinski definition) is 1. The van der Waals surface area contributed by atoms with Crippen LogP contribution in [0.4, 0.5) is 0 Å². The molecule has 1 saturated heterocycles. The Kier molecular flexibility index (Phi) is 5.00. The van der Waals surface area contributed by atoms with Gasteiger partial charge < -0.3 is 9.88 Å². The predicted octanol–water partition coefficient (Wildman–Crippen LogP) is 2.20. The highest BCUT2D eigenvalue weighted by Gasteiger charge is 2.30. The maximum absolute atomic E-state index is 12.7. The average Bonchev–Trinajstić information content (AvgIpc) is 2.85. The molecular formula is C16H25N3O2S. The molecule has 0 radical (unpaired) electrons. The first-order valence-electron chi connectivity index (χ1n) is 7.63. The smallest absolute Gasteiger partial charge is 0.264 e. The van der Waals surface area contributed by atoms with Crippen LogP contribution in [0.25, 0.3) is 0 Å². The van der Waals surface area contributed by atoms with E-state index in [0.717, 1.165) is 25.3 Å². The van der Waals surface area contributed by atoms with Gasteiger partial charge in [0.25, 0.3) is 11.5 Å². The number of amides is 1. The first-order valence-corrected chi connectivity index (χ1v) is 9.03. The molecule has 0 unspecified atom stereocenters. The fourth-order valence-electron chi connectivity index (χ4n) is 2.74. The monoisotopic (exact) mass is 323 g/mol. The lowest BCUT2D eigenvalue weighted by Gasteiger charge is -2.20. The van der Waals surface area contributed by atoms with E-state index in [-0.39, 0.29) is 22.4 Å². The van der Waals surface area contributed by atoms with Gasteiger partial charge >= 0.3 is 0 Å². The third-order valence-corrected chi connectivity index (χ3v) is 4.80. The molecule has 1 atom stereocenters. The van der Waals surface area contributed by atoms with Crippen molar-refractivity contribution in [2.45, 2.75) is 39.5 Å². The molecule has 2 heterocycles. The van der Waals surface area contributed by atoms with Crippen molar-refractivity contribution >= 4 is 17.7 Å². The molecule has 0 aromatic carbocycles. The molecule has 0 bridgehead atoms. The predicted molar refractivity (Wildman–Crippen MR) is 90.7 cm³/mol. The number of nitrogens with zero attached hydrogens (tertiary/aromatic N) is 2. The van der Waals surface area contributed by atoms with Gasteiger partial charge in [0.05, 0.1) is 5.69 Å². The highest BCUT2D eigenvalue weighted by atomic mass is 32.2. The third kappa shape index (κ3) is 3.54. The van der Waals surface area contributed by atoms with E-state index < -0.39 is 0 Å². The Balaban J connectivity index is 2.26. The summed E-state index contributed by atoms with van der Waals surface area (Å²) in [6, 6.07) is 0. The molecule has 22 heavy (non-hydrogen) atoms. The quantitative estimate of drug-likeness (QED) is 0.926. The van der Waals surface area contributed by atoms with E-state index in [1.165, 1.54) is 0 Å². The van der Waals surface area contributed by atoms with Crippen molar-refractivity contribution in [2.24, 2.45) is 5.92 Å². The first-order chi connectivity index (χ1) is 10.2. The fourth-order valence-corrected chi connectivity index (χ4v) is 3.48. The van der Waals surface area contributed by atoms with Crippen LogP contribution in [0.2, 0.25) is 0 Å². The molecule has 1 aliphatic rings. The summed E-state index contributed by atoms with van der Waals surface area (Å²) in [6.45, 7) is 9.16. The fraction of sp³-hybridized carbons (Fsp3) is 0.688. The minimum atomic E-state index is -0.323. The number of hydrogen-bond acceptors (Lipinski definition) is 4. The number of likely N-dealkylation sites (tertiary alicyclic amines) is 1. The summed E-state index contributed by atoms with van der Waals surface area (Å²) < 4.78 is 0. The number of carbonyl (C=O) groups excluding carboxylic acids is 1. The van der Waals surface area contributed by atoms with Crippen molar-refractivity contribution in [2.75, 3.05) is 25.1 Å². The summed E-state index contributed by atoms with van der Waals surface area (Å²) >= 11 is 1.80. The van der Waals surface area contributed by atoms with Gasteiger partial charge in [-0.1, -0.05) is 20.8 Å². The Morgan fingerprint density at radius 1 is 1.45 bits per heavy atom. The van der Waals surface area contributed by atoms with E-state index in [0.29, 0.717) is 17.4 Å². The van der Waals surface area contributed by atoms with Crippen molar-refractivity contribution in [3.05, 3.63) is 27.4 Å². The Morgan fingerprint density at radius 3 is 2.68 bits per heavy atom. The second-order valence-corrected chi connectivity index (χ2v) is 7.90. The van der Waals surface area contributed by atoms with Crippen LogP contribution in [-0.2, 0) is 5.41 Å². The minimum absolute atomic E-state index is 0.185. The summed E-state index contributed by atoms with van der Waals surface area (Å²) in [7, 11) is 0. The summed E-state index contributed by atoms with van der Waals surface area (Å²) in [5.74, 6) is 2.02. The Labute approximate surface area is 135 Å². The molecule has 1 aliphatic heterocycles. The van der Waals surface area contributed by atoms with E-state index >= 15 is 0 Å². The van der Waals surface area contributed by atoms with Crippen LogP contribution in [-0.4, -0.2) is 45.9 Å². The van der Waals surface area contributed by atoms with E-state index in [1.54, 1.807) is 23.6 Å². The number of rotatable bonds is 3. The maximum atomic E-state index is 12.7. The van der Waals surface area contributed by atoms with E-state index in [2.05, 4.69) is 16.2 Å². The largest absolute Gasteiger partial charge is 0.338 e. The van der Waals surface area contributed by atoms with Crippen molar-refractivity contribution in [1.29, 1.82) is 0 Å². The molecule has 2 rings (SSSR count). The van der Waals surface area contributed by atoms with Crippen LogP contribution in [0, 0.1) is 12.8 Å². The number of aromatic nitrogens is 2. The van der Waals surface area contributed by atoms with Crippen LogP contribution >= 0.6 is 11.8 Å². The van der Waals surface area contributed by atoms with Gasteiger partial charge in [0.1, 0.15) is 11.4 Å². The molecule has 1 N–H and O–H groups in total. The molecule has 6 heteroatoms. The molecule has 0 spiro atoms. The second kappa shape index (κ2) is 6.44. The topological polar surface area (TPSA) is 66.1 Å². The SMILES string of the molecule is CSC[C@H]1CCN(C(=O)c2c(C)nc(C(C)(C)C)[nH]c2=O)C1. The normalized spacial score (nSPS) is 18.8. The van der Waals surface area contributed by atoms with Crippen LogP contribution in [0.5, 0.6) is 0 Å². The average molecular weight is 323 g/mol. The molecule has 1 aromatic heterocycles. The Hall–Kier alpha value is -1.30. The number of aryl methyl sites for hydroxylation is 1. The van der Waals surface area contributed by atoms with Gasteiger partial charge in [0.2, 0.25) is 0 Å². The first kappa shape index (κ1) is 17.1. The highest BCUT2D eigenvalue weighted by Crippen LogP contribution is 2.22. The lowest BCUT2D eigenvalue weighted by atomic mass is 9.95. The summed E-state index contributed by atoms with van der Waals surface area (Å²) in [5.41, 5.74) is 0.142. The van der Waals surface area contributed by atoms with Crippen LogP contribution in [0.3, 0.4) is 0 Å². The van der Waals surface area contributed by atoms with Crippen LogP contribution in [0.15, 0.2) is 4.79 Å². The maximum Gasteiger partial charge on any atom is 0.264 e. The number of thioether (sulfide) groups is 1. The van der Waals surface area contributed by atoms with Crippen LogP contribution in [0.1, 0.15) is 49.1 Å². The number of aromatic amines is 1. The van der Waals surface area contributed by atoms with Crippen molar-refractivity contribution in [1.82, 2.24) is 14.9 Å². The molecule has 1 fully saturated rings. The zero-order valence-electron chi connectivity index (χ0n) is 14.0. The van der Waals surface area contributed by atoms with Gasteiger partial charge in [-0.2, -0.15) is 11.8 Å². The van der Waals surface area contributed by atoms with Gasteiger partial charge in [-0.05, 0) is 31.3 Å². The van der Waals surface area contributed by atoms with E-state index in [1.807, 2.05) is 20.8 Å². The van der Waals surface area contributed by atoms with Gasteiger partial charge in [0.15, 0.2) is 0 Å². The summed E-state index contributed by atoms with van der Waals surface area (Å²) in [6.07, 6.45) is 3.09. The van der Waals surface area contributed by atoms with Gasteiger partial charge in [-0.3, -0.25) is 9.59 Å². The molecule has 122 valence electrons. The minimum Gasteiger partial charge on any atom is -0.338 e. The summed E-state index contributed by atoms with van der Waals surface area (Å²) in [5, 5.41) is 0. The molecular weight excluding hydrogens is 298 g/mol. The molecule has 1 aromatic rings. The third-order valence-electron chi connectivity index (χ3n) is 4.00. The van der Waals surface area contributed by atoms with Crippen molar-refractivity contribution < 1.29 is 4.79 Å².